The molecule has 4 aromatic rings. The second-order valence-corrected chi connectivity index (χ2v) is 8.52. The van der Waals surface area contributed by atoms with Crippen LogP contribution in [0.25, 0.3) is 11.4 Å². The maximum absolute atomic E-state index is 14.5. The zero-order valence-electron chi connectivity index (χ0n) is 20.2. The minimum Gasteiger partial charge on any atom is -0.454 e. The molecule has 7 nitrogen and oxygen atoms in total. The molecule has 2 aromatic heterocycles. The Kier molecular flexibility index (Phi) is 8.05. The van der Waals surface area contributed by atoms with Crippen molar-refractivity contribution in [3.05, 3.63) is 101 Å². The number of Topliss-reactive ketones (excluding diaryl/α,β-unsaturated/α-hetero) is 1. The molecule has 4 N–H and O–H groups in total. The van der Waals surface area contributed by atoms with Crippen molar-refractivity contribution in [3.63, 3.8) is 0 Å². The van der Waals surface area contributed by atoms with Crippen molar-refractivity contribution in [1.82, 2.24) is 15.3 Å². The van der Waals surface area contributed by atoms with E-state index in [9.17, 15) is 18.4 Å². The van der Waals surface area contributed by atoms with E-state index in [0.29, 0.717) is 36.5 Å². The van der Waals surface area contributed by atoms with Crippen LogP contribution in [0, 0.1) is 18.6 Å². The molecule has 4 rings (SSSR count). The maximum atomic E-state index is 14.5. The zero-order valence-corrected chi connectivity index (χ0v) is 20.2. The van der Waals surface area contributed by atoms with E-state index in [0.717, 1.165) is 11.6 Å². The largest absolute Gasteiger partial charge is 0.454 e. The van der Waals surface area contributed by atoms with E-state index in [1.165, 1.54) is 24.4 Å². The number of aromatic amines is 1. The van der Waals surface area contributed by atoms with Gasteiger partial charge >= 0.3 is 0 Å². The van der Waals surface area contributed by atoms with Crippen LogP contribution >= 0.6 is 0 Å². The number of rotatable bonds is 10. The molecule has 9 heteroatoms. The van der Waals surface area contributed by atoms with Crippen LogP contribution in [0.4, 0.5) is 8.78 Å². The monoisotopic (exact) mass is 504 g/mol. The average molecular weight is 505 g/mol. The first-order valence-electron chi connectivity index (χ1n) is 11.7. The number of hydrogen-bond donors (Lipinski definition) is 3. The van der Waals surface area contributed by atoms with Crippen molar-refractivity contribution >= 4 is 11.7 Å². The fourth-order valence-corrected chi connectivity index (χ4v) is 3.70. The molecule has 1 amide bonds. The number of nitrogens with one attached hydrogen (secondary N) is 2. The van der Waals surface area contributed by atoms with Gasteiger partial charge in [-0.15, -0.1) is 0 Å². The molecule has 0 saturated carbocycles. The highest BCUT2D eigenvalue weighted by atomic mass is 19.1. The number of carbonyl (C=O) groups is 2. The molecule has 2 heterocycles. The van der Waals surface area contributed by atoms with Gasteiger partial charge in [0, 0.05) is 37.0 Å². The maximum Gasteiger partial charge on any atom is 0.252 e. The lowest BCUT2D eigenvalue weighted by atomic mass is 10.0. The number of benzene rings is 2. The number of ketones is 1. The van der Waals surface area contributed by atoms with Gasteiger partial charge < -0.3 is 20.8 Å². The third kappa shape index (κ3) is 6.45. The molecule has 2 aromatic carbocycles. The number of nitrogens with zero attached hydrogens (tertiary/aromatic N) is 1. The number of carbonyl (C=O) groups excluding carboxylic acids is 2. The first-order valence-corrected chi connectivity index (χ1v) is 11.7. The van der Waals surface area contributed by atoms with Crippen LogP contribution in [-0.2, 0) is 6.42 Å². The fraction of sp³-hybridized carbons (Fsp3) is 0.179. The number of aryl methyl sites for hydroxylation is 1. The number of H-pyrrole nitrogens is 1. The smallest absolute Gasteiger partial charge is 0.252 e. The van der Waals surface area contributed by atoms with Crippen molar-refractivity contribution in [2.24, 2.45) is 5.73 Å². The van der Waals surface area contributed by atoms with Crippen LogP contribution in [-0.4, -0.2) is 34.7 Å². The normalized spacial score (nSPS) is 10.8. The summed E-state index contributed by atoms with van der Waals surface area (Å²) in [7, 11) is 0. The minimum atomic E-state index is -0.659. The quantitative estimate of drug-likeness (QED) is 0.209. The molecule has 0 fully saturated rings. The Morgan fingerprint density at radius 2 is 1.84 bits per heavy atom. The second-order valence-electron chi connectivity index (χ2n) is 8.52. The van der Waals surface area contributed by atoms with Gasteiger partial charge in [-0.2, -0.15) is 0 Å². The standard InChI is InChI=1S/C28H26F2N4O3/c1-17-3-5-22(29)19(11-17)13-26(35)18-4-6-23(30)27(14-18)37-21-7-10-32-25(15-21)24-12-20(16-34-24)28(36)33-9-2-8-31/h3-7,10-12,14-16,34H,2,8-9,13,31H2,1H3,(H,33,36). The Morgan fingerprint density at radius 1 is 1.03 bits per heavy atom. The second kappa shape index (κ2) is 11.6. The van der Waals surface area contributed by atoms with Crippen LogP contribution in [0.1, 0.15) is 38.3 Å². The van der Waals surface area contributed by atoms with Crippen molar-refractivity contribution < 1.29 is 23.1 Å². The van der Waals surface area contributed by atoms with E-state index in [-0.39, 0.29) is 40.7 Å². The molecule has 0 unspecified atom stereocenters. The van der Waals surface area contributed by atoms with E-state index >= 15 is 0 Å². The number of halogens is 2. The Hall–Kier alpha value is -4.37. The lowest BCUT2D eigenvalue weighted by Crippen LogP contribution is -2.25. The molecule has 0 bridgehead atoms. The van der Waals surface area contributed by atoms with E-state index in [2.05, 4.69) is 15.3 Å². The summed E-state index contributed by atoms with van der Waals surface area (Å²) < 4.78 is 34.4. The number of nitrogens with two attached hydrogens (primary N) is 1. The van der Waals surface area contributed by atoms with Crippen LogP contribution < -0.4 is 15.8 Å². The molecule has 190 valence electrons. The highest BCUT2D eigenvalue weighted by molar-refractivity contribution is 5.98. The molecular formula is C28H26F2N4O3. The molecule has 0 atom stereocenters. The number of ether oxygens (including phenoxy) is 1. The van der Waals surface area contributed by atoms with Gasteiger partial charge in [0.2, 0.25) is 0 Å². The topological polar surface area (TPSA) is 110 Å². The first-order chi connectivity index (χ1) is 17.8. The van der Waals surface area contributed by atoms with Crippen molar-refractivity contribution in [3.8, 4) is 22.9 Å². The average Bonchev–Trinajstić information content (AvgIpc) is 3.38. The van der Waals surface area contributed by atoms with Crippen LogP contribution in [0.5, 0.6) is 11.5 Å². The SMILES string of the molecule is Cc1ccc(F)c(CC(=O)c2ccc(F)c(Oc3ccnc(-c4cc(C(=O)NCCCN)c[nH]4)c3)c2)c1. The third-order valence-electron chi connectivity index (χ3n) is 5.65. The minimum absolute atomic E-state index is 0.154. The van der Waals surface area contributed by atoms with Gasteiger partial charge in [-0.05, 0) is 61.9 Å². The third-order valence-corrected chi connectivity index (χ3v) is 5.65. The number of pyridine rings is 1. The molecule has 0 aliphatic rings. The van der Waals surface area contributed by atoms with E-state index < -0.39 is 11.6 Å². The highest BCUT2D eigenvalue weighted by Crippen LogP contribution is 2.29. The zero-order chi connectivity index (χ0) is 26.4. The van der Waals surface area contributed by atoms with Gasteiger partial charge in [-0.25, -0.2) is 8.78 Å². The van der Waals surface area contributed by atoms with E-state index in [4.69, 9.17) is 10.5 Å². The highest BCUT2D eigenvalue weighted by Gasteiger charge is 2.15. The molecule has 37 heavy (non-hydrogen) atoms. The van der Waals surface area contributed by atoms with Crippen LogP contribution in [0.3, 0.4) is 0 Å². The summed E-state index contributed by atoms with van der Waals surface area (Å²) in [5, 5.41) is 2.78. The molecule has 0 aliphatic heterocycles. The molecule has 0 aliphatic carbocycles. The Balaban J connectivity index is 1.50. The summed E-state index contributed by atoms with van der Waals surface area (Å²) in [4.78, 5) is 32.3. The Bertz CT molecular complexity index is 1430. The first kappa shape index (κ1) is 25.7. The van der Waals surface area contributed by atoms with Crippen molar-refractivity contribution in [1.29, 1.82) is 0 Å². The molecule has 0 spiro atoms. The van der Waals surface area contributed by atoms with Gasteiger partial charge in [0.25, 0.3) is 5.91 Å². The van der Waals surface area contributed by atoms with Gasteiger partial charge in [0.15, 0.2) is 17.3 Å². The Morgan fingerprint density at radius 3 is 2.65 bits per heavy atom. The number of aromatic nitrogens is 2. The van der Waals surface area contributed by atoms with E-state index in [1.807, 2.05) is 6.92 Å². The van der Waals surface area contributed by atoms with Gasteiger partial charge in [-0.3, -0.25) is 14.6 Å². The van der Waals surface area contributed by atoms with Gasteiger partial charge in [0.05, 0.1) is 17.0 Å². The van der Waals surface area contributed by atoms with Crippen LogP contribution in [0.15, 0.2) is 67.0 Å². The summed E-state index contributed by atoms with van der Waals surface area (Å²) in [6.45, 7) is 2.77. The summed E-state index contributed by atoms with van der Waals surface area (Å²) in [5.74, 6) is -1.61. The predicted molar refractivity (Wildman–Crippen MR) is 136 cm³/mol. The summed E-state index contributed by atoms with van der Waals surface area (Å²) in [5.41, 5.74) is 8.22. The summed E-state index contributed by atoms with van der Waals surface area (Å²) in [6, 6.07) is 13.1. The molecular weight excluding hydrogens is 478 g/mol. The fourth-order valence-electron chi connectivity index (χ4n) is 3.70. The van der Waals surface area contributed by atoms with Gasteiger partial charge in [-0.1, -0.05) is 17.7 Å². The summed E-state index contributed by atoms with van der Waals surface area (Å²) in [6.07, 6.45) is 3.57. The Labute approximate surface area is 212 Å². The number of hydrogen-bond acceptors (Lipinski definition) is 5. The lowest BCUT2D eigenvalue weighted by molar-refractivity contribution is 0.0952. The lowest BCUT2D eigenvalue weighted by Gasteiger charge is -2.10. The van der Waals surface area contributed by atoms with Gasteiger partial charge in [0.1, 0.15) is 11.6 Å². The molecule has 0 radical (unpaired) electrons. The predicted octanol–water partition coefficient (Wildman–Crippen LogP) is 4.96. The van der Waals surface area contributed by atoms with Crippen molar-refractivity contribution in [2.75, 3.05) is 13.1 Å². The van der Waals surface area contributed by atoms with Crippen LogP contribution in [0.2, 0.25) is 0 Å². The summed E-state index contributed by atoms with van der Waals surface area (Å²) >= 11 is 0. The number of amides is 1. The van der Waals surface area contributed by atoms with E-state index in [1.54, 1.807) is 36.5 Å². The van der Waals surface area contributed by atoms with Crippen molar-refractivity contribution in [2.45, 2.75) is 19.8 Å². The molecule has 0 saturated heterocycles.